The number of amides is 1. The van der Waals surface area contributed by atoms with Gasteiger partial charge < -0.3 is 19.9 Å². The number of hydrogen-bond acceptors (Lipinski definition) is 7. The van der Waals surface area contributed by atoms with Crippen LogP contribution >= 0.6 is 11.3 Å². The van der Waals surface area contributed by atoms with Gasteiger partial charge in [-0.3, -0.25) is 4.79 Å². The lowest BCUT2D eigenvalue weighted by Gasteiger charge is -2.22. The summed E-state index contributed by atoms with van der Waals surface area (Å²) in [4.78, 5) is 12.9. The molecule has 1 aliphatic heterocycles. The first-order valence-electron chi connectivity index (χ1n) is 7.31. The zero-order valence-corrected chi connectivity index (χ0v) is 13.2. The van der Waals surface area contributed by atoms with Gasteiger partial charge in [0.05, 0.1) is 38.7 Å². The highest BCUT2D eigenvalue weighted by Gasteiger charge is 2.18. The maximum absolute atomic E-state index is 12.0. The van der Waals surface area contributed by atoms with E-state index >= 15 is 0 Å². The summed E-state index contributed by atoms with van der Waals surface area (Å²) >= 11 is 1.47. The van der Waals surface area contributed by atoms with Gasteiger partial charge in [0.15, 0.2) is 5.69 Å². The van der Waals surface area contributed by atoms with Gasteiger partial charge >= 0.3 is 0 Å². The number of carbonyl (C=O) groups excluding carboxylic acids is 1. The van der Waals surface area contributed by atoms with Crippen molar-refractivity contribution < 1.29 is 19.4 Å². The highest BCUT2D eigenvalue weighted by molar-refractivity contribution is 7.10. The summed E-state index contributed by atoms with van der Waals surface area (Å²) in [5.41, 5.74) is 0.208. The molecule has 0 unspecified atom stereocenters. The number of thiophene rings is 1. The Balaban J connectivity index is 1.50. The molecule has 1 fully saturated rings. The molecule has 23 heavy (non-hydrogen) atoms. The molecule has 0 bridgehead atoms. The number of hydrogen-bond donors (Lipinski definition) is 2. The molecule has 0 aromatic carbocycles. The molecule has 1 saturated heterocycles. The fourth-order valence-corrected chi connectivity index (χ4v) is 2.89. The van der Waals surface area contributed by atoms with E-state index in [4.69, 9.17) is 9.47 Å². The Labute approximate surface area is 137 Å². The predicted molar refractivity (Wildman–Crippen MR) is 82.2 cm³/mol. The van der Waals surface area contributed by atoms with Crippen molar-refractivity contribution in [3.63, 3.8) is 0 Å². The fourth-order valence-electron chi connectivity index (χ4n) is 2.19. The first-order valence-corrected chi connectivity index (χ1v) is 8.19. The van der Waals surface area contributed by atoms with Crippen LogP contribution in [0.5, 0.6) is 0 Å². The summed E-state index contributed by atoms with van der Waals surface area (Å²) in [6.45, 7) is 2.21. The molecule has 124 valence electrons. The molecule has 0 aliphatic carbocycles. The number of aromatic nitrogens is 3. The summed E-state index contributed by atoms with van der Waals surface area (Å²) < 4.78 is 12.2. The molecule has 3 rings (SSSR count). The van der Waals surface area contributed by atoms with Crippen LogP contribution in [-0.4, -0.2) is 58.5 Å². The van der Waals surface area contributed by atoms with Gasteiger partial charge in [0.1, 0.15) is 6.10 Å². The Morgan fingerprint density at radius 1 is 1.57 bits per heavy atom. The molecule has 0 saturated carbocycles. The van der Waals surface area contributed by atoms with Gasteiger partial charge in [-0.25, -0.2) is 4.68 Å². The summed E-state index contributed by atoms with van der Waals surface area (Å²) in [7, 11) is 0. The molecule has 2 aromatic rings. The molecule has 0 spiro atoms. The molecule has 2 N–H and O–H groups in total. The van der Waals surface area contributed by atoms with E-state index in [0.717, 1.165) is 4.88 Å². The Morgan fingerprint density at radius 3 is 3.22 bits per heavy atom. The van der Waals surface area contributed by atoms with E-state index in [9.17, 15) is 9.90 Å². The second kappa shape index (κ2) is 7.64. The van der Waals surface area contributed by atoms with Crippen molar-refractivity contribution in [3.8, 4) is 0 Å². The molecule has 2 aromatic heterocycles. The van der Waals surface area contributed by atoms with Crippen molar-refractivity contribution in [2.45, 2.75) is 18.8 Å². The smallest absolute Gasteiger partial charge is 0.273 e. The van der Waals surface area contributed by atoms with E-state index in [2.05, 4.69) is 15.6 Å². The van der Waals surface area contributed by atoms with Crippen molar-refractivity contribution in [2.24, 2.45) is 0 Å². The van der Waals surface area contributed by atoms with Gasteiger partial charge in [-0.15, -0.1) is 16.4 Å². The van der Waals surface area contributed by atoms with Gasteiger partial charge in [0.2, 0.25) is 0 Å². The molecule has 9 heteroatoms. The van der Waals surface area contributed by atoms with E-state index in [0.29, 0.717) is 26.4 Å². The minimum Gasteiger partial charge on any atom is -0.386 e. The minimum atomic E-state index is -0.666. The van der Waals surface area contributed by atoms with Crippen molar-refractivity contribution in [3.05, 3.63) is 34.3 Å². The number of ether oxygens (including phenoxy) is 2. The summed E-state index contributed by atoms with van der Waals surface area (Å²) in [6, 6.07) is 3.73. The van der Waals surface area contributed by atoms with E-state index in [1.165, 1.54) is 22.2 Å². The maximum Gasteiger partial charge on any atom is 0.273 e. The van der Waals surface area contributed by atoms with E-state index in [1.54, 1.807) is 0 Å². The van der Waals surface area contributed by atoms with Gasteiger partial charge in [-0.1, -0.05) is 11.3 Å². The third-order valence-electron chi connectivity index (χ3n) is 3.38. The number of nitrogens with one attached hydrogen (secondary N) is 1. The zero-order valence-electron chi connectivity index (χ0n) is 12.4. The summed E-state index contributed by atoms with van der Waals surface area (Å²) in [5.74, 6) is -0.323. The topological polar surface area (TPSA) is 98.5 Å². The van der Waals surface area contributed by atoms with Crippen LogP contribution in [0.25, 0.3) is 0 Å². The second-order valence-corrected chi connectivity index (χ2v) is 6.11. The first kappa shape index (κ1) is 16.1. The number of nitrogens with zero attached hydrogens (tertiary/aromatic N) is 3. The van der Waals surface area contributed by atoms with Crippen molar-refractivity contribution in [1.82, 2.24) is 20.3 Å². The quantitative estimate of drug-likeness (QED) is 0.782. The van der Waals surface area contributed by atoms with Crippen molar-refractivity contribution in [2.75, 3.05) is 26.4 Å². The van der Waals surface area contributed by atoms with E-state index in [1.807, 2.05) is 17.5 Å². The predicted octanol–water partition coefficient (Wildman–Crippen LogP) is 0.218. The lowest BCUT2D eigenvalue weighted by atomic mass is 10.3. The highest BCUT2D eigenvalue weighted by atomic mass is 32.1. The number of aliphatic hydroxyl groups excluding tert-OH is 1. The molecular formula is C14H18N4O4S. The Kier molecular flexibility index (Phi) is 5.34. The van der Waals surface area contributed by atoms with Crippen molar-refractivity contribution in [1.29, 1.82) is 0 Å². The average Bonchev–Trinajstić information content (AvgIpc) is 3.25. The fraction of sp³-hybridized carbons (Fsp3) is 0.500. The Morgan fingerprint density at radius 2 is 2.48 bits per heavy atom. The summed E-state index contributed by atoms with van der Waals surface area (Å²) in [6.07, 6.45) is 0.716. The molecule has 8 nitrogen and oxygen atoms in total. The number of rotatable bonds is 6. The van der Waals surface area contributed by atoms with Crippen molar-refractivity contribution >= 4 is 17.2 Å². The highest BCUT2D eigenvalue weighted by Crippen LogP contribution is 2.19. The van der Waals surface area contributed by atoms with E-state index < -0.39 is 6.10 Å². The summed E-state index contributed by atoms with van der Waals surface area (Å²) in [5, 5.41) is 22.4. The molecule has 2 atom stereocenters. The average molecular weight is 338 g/mol. The lowest BCUT2D eigenvalue weighted by molar-refractivity contribution is -0.0855. The van der Waals surface area contributed by atoms with Crippen LogP contribution in [-0.2, 0) is 16.0 Å². The monoisotopic (exact) mass is 338 g/mol. The van der Waals surface area contributed by atoms with Crippen LogP contribution in [0.15, 0.2) is 23.7 Å². The third kappa shape index (κ3) is 4.35. The lowest BCUT2D eigenvalue weighted by Crippen LogP contribution is -2.39. The van der Waals surface area contributed by atoms with Crippen LogP contribution in [0.1, 0.15) is 21.5 Å². The number of carbonyl (C=O) groups is 1. The van der Waals surface area contributed by atoms with Gasteiger partial charge in [-0.2, -0.15) is 0 Å². The van der Waals surface area contributed by atoms with Gasteiger partial charge in [0, 0.05) is 11.4 Å². The normalized spacial score (nSPS) is 19.4. The van der Waals surface area contributed by atoms with Crippen LogP contribution in [0.3, 0.4) is 0 Å². The molecular weight excluding hydrogens is 320 g/mol. The SMILES string of the molecule is O=C(NC[C@H]1COCCO1)c1cn(C[C@H](O)c2cccs2)nn1. The molecule has 1 aliphatic rings. The molecule has 1 amide bonds. The Bertz CT molecular complexity index is 625. The number of aliphatic hydroxyl groups is 1. The molecule has 3 heterocycles. The second-order valence-electron chi connectivity index (χ2n) is 5.13. The standard InChI is InChI=1S/C14H18N4O4S/c19-12(13-2-1-5-23-13)8-18-7-11(16-17-18)14(20)15-6-10-9-21-3-4-22-10/h1-2,5,7,10,12,19H,3-4,6,8-9H2,(H,15,20)/t10-,12-/m0/s1. The van der Waals surface area contributed by atoms with Gasteiger partial charge in [0.25, 0.3) is 5.91 Å². The largest absolute Gasteiger partial charge is 0.386 e. The van der Waals surface area contributed by atoms with Crippen LogP contribution in [0, 0.1) is 0 Å². The maximum atomic E-state index is 12.0. The van der Waals surface area contributed by atoms with Crippen LogP contribution in [0.4, 0.5) is 0 Å². The minimum absolute atomic E-state index is 0.136. The van der Waals surface area contributed by atoms with Gasteiger partial charge in [-0.05, 0) is 11.4 Å². The zero-order chi connectivity index (χ0) is 16.1. The third-order valence-corrected chi connectivity index (χ3v) is 4.35. The Hall–Kier alpha value is -1.81. The first-order chi connectivity index (χ1) is 11.2. The molecule has 0 radical (unpaired) electrons. The van der Waals surface area contributed by atoms with E-state index in [-0.39, 0.29) is 24.2 Å². The van der Waals surface area contributed by atoms with Crippen LogP contribution < -0.4 is 5.32 Å². The van der Waals surface area contributed by atoms with Crippen LogP contribution in [0.2, 0.25) is 0 Å².